The third kappa shape index (κ3) is 5.72. The number of fused-ring (bicyclic) bond motifs is 1. The Morgan fingerprint density at radius 3 is 2.47 bits per heavy atom. The third-order valence-electron chi connectivity index (χ3n) is 6.96. The van der Waals surface area contributed by atoms with Crippen molar-refractivity contribution in [1.29, 1.82) is 0 Å². The number of carbonyl (C=O) groups excluding carboxylic acids is 1. The van der Waals surface area contributed by atoms with Crippen molar-refractivity contribution in [1.82, 2.24) is 0 Å². The lowest BCUT2D eigenvalue weighted by Crippen LogP contribution is -2.15. The standard InChI is InChI=1S/C31H35FO4/c1-31(2,3)28-15-20(9-13-25(28)27-17-23(34-4)12-14-29(27)32)19-36-24-11-10-21-7-6-8-22(26(21)18-24)16-30(33)35-5/h9-15,17-18,22H,6-8,16,19H2,1-5H3/t22-/m1/s1. The van der Waals surface area contributed by atoms with E-state index in [0.717, 1.165) is 41.7 Å². The van der Waals surface area contributed by atoms with Crippen molar-refractivity contribution in [2.45, 2.75) is 64.4 Å². The fourth-order valence-electron chi connectivity index (χ4n) is 5.00. The zero-order valence-corrected chi connectivity index (χ0v) is 21.8. The molecule has 0 fully saturated rings. The predicted molar refractivity (Wildman–Crippen MR) is 140 cm³/mol. The van der Waals surface area contributed by atoms with Gasteiger partial charge in [-0.1, -0.05) is 45.0 Å². The van der Waals surface area contributed by atoms with Crippen molar-refractivity contribution in [3.05, 3.63) is 82.7 Å². The van der Waals surface area contributed by atoms with Gasteiger partial charge in [-0.05, 0) is 88.7 Å². The second-order valence-corrected chi connectivity index (χ2v) is 10.5. The molecule has 0 unspecified atom stereocenters. The minimum absolute atomic E-state index is 0.161. The van der Waals surface area contributed by atoms with E-state index < -0.39 is 0 Å². The van der Waals surface area contributed by atoms with E-state index >= 15 is 0 Å². The summed E-state index contributed by atoms with van der Waals surface area (Å²) in [6.45, 7) is 6.77. The molecule has 5 heteroatoms. The van der Waals surface area contributed by atoms with Gasteiger partial charge in [-0.2, -0.15) is 0 Å². The molecule has 36 heavy (non-hydrogen) atoms. The number of benzene rings is 3. The summed E-state index contributed by atoms with van der Waals surface area (Å²) in [6.07, 6.45) is 3.46. The van der Waals surface area contributed by atoms with Crippen LogP contribution in [0.5, 0.6) is 11.5 Å². The van der Waals surface area contributed by atoms with Crippen LogP contribution < -0.4 is 9.47 Å². The van der Waals surface area contributed by atoms with Gasteiger partial charge in [0, 0.05) is 5.56 Å². The maximum Gasteiger partial charge on any atom is 0.306 e. The number of halogens is 1. The van der Waals surface area contributed by atoms with E-state index in [-0.39, 0.29) is 23.1 Å². The molecule has 0 amide bonds. The Morgan fingerprint density at radius 1 is 0.972 bits per heavy atom. The largest absolute Gasteiger partial charge is 0.497 e. The molecule has 3 aromatic rings. The maximum atomic E-state index is 14.8. The Kier molecular flexibility index (Phi) is 7.67. The molecule has 4 nitrogen and oxygen atoms in total. The molecule has 1 aliphatic carbocycles. The van der Waals surface area contributed by atoms with Crippen LogP contribution in [0.3, 0.4) is 0 Å². The first-order valence-corrected chi connectivity index (χ1v) is 12.5. The molecule has 0 radical (unpaired) electrons. The van der Waals surface area contributed by atoms with Crippen LogP contribution in [-0.2, 0) is 28.0 Å². The van der Waals surface area contributed by atoms with Gasteiger partial charge in [0.05, 0.1) is 20.6 Å². The summed E-state index contributed by atoms with van der Waals surface area (Å²) in [6, 6.07) is 17.1. The van der Waals surface area contributed by atoms with Crippen LogP contribution in [0.1, 0.15) is 68.2 Å². The maximum absolute atomic E-state index is 14.8. The lowest BCUT2D eigenvalue weighted by molar-refractivity contribution is -0.141. The molecule has 0 saturated carbocycles. The van der Waals surface area contributed by atoms with Gasteiger partial charge < -0.3 is 14.2 Å². The first-order chi connectivity index (χ1) is 17.2. The van der Waals surface area contributed by atoms with Gasteiger partial charge in [-0.15, -0.1) is 0 Å². The average molecular weight is 491 g/mol. The molecule has 0 saturated heterocycles. The van der Waals surface area contributed by atoms with Gasteiger partial charge in [0.25, 0.3) is 0 Å². The lowest BCUT2D eigenvalue weighted by Gasteiger charge is -2.26. The Morgan fingerprint density at radius 2 is 1.75 bits per heavy atom. The monoisotopic (exact) mass is 490 g/mol. The van der Waals surface area contributed by atoms with Crippen molar-refractivity contribution in [3.8, 4) is 22.6 Å². The Balaban J connectivity index is 1.59. The topological polar surface area (TPSA) is 44.8 Å². The Hall–Kier alpha value is -3.34. The molecule has 0 spiro atoms. The SMILES string of the molecule is COC(=O)C[C@H]1CCCc2ccc(OCc3ccc(-c4cc(OC)ccc4F)c(C(C)(C)C)c3)cc21. The van der Waals surface area contributed by atoms with Crippen molar-refractivity contribution in [3.63, 3.8) is 0 Å². The lowest BCUT2D eigenvalue weighted by atomic mass is 9.80. The minimum Gasteiger partial charge on any atom is -0.497 e. The van der Waals surface area contributed by atoms with Gasteiger partial charge in [0.2, 0.25) is 0 Å². The molecule has 0 aliphatic heterocycles. The van der Waals surface area contributed by atoms with Crippen molar-refractivity contribution >= 4 is 5.97 Å². The number of aryl methyl sites for hydroxylation is 1. The van der Waals surface area contributed by atoms with Crippen LogP contribution in [0.4, 0.5) is 4.39 Å². The molecule has 0 N–H and O–H groups in total. The predicted octanol–water partition coefficient (Wildman–Crippen LogP) is 7.36. The van der Waals surface area contributed by atoms with Crippen LogP contribution in [0, 0.1) is 5.82 Å². The minimum atomic E-state index is -0.277. The molecule has 1 aliphatic rings. The Labute approximate surface area is 213 Å². The van der Waals surface area contributed by atoms with Crippen LogP contribution in [-0.4, -0.2) is 20.2 Å². The smallest absolute Gasteiger partial charge is 0.306 e. The second kappa shape index (κ2) is 10.7. The molecule has 4 rings (SSSR count). The first-order valence-electron chi connectivity index (χ1n) is 12.5. The van der Waals surface area contributed by atoms with E-state index in [9.17, 15) is 9.18 Å². The molecular formula is C31H35FO4. The van der Waals surface area contributed by atoms with Gasteiger partial charge in [-0.25, -0.2) is 4.39 Å². The summed E-state index contributed by atoms with van der Waals surface area (Å²) < 4.78 is 31.2. The summed E-state index contributed by atoms with van der Waals surface area (Å²) in [4.78, 5) is 11.9. The molecule has 3 aromatic carbocycles. The third-order valence-corrected chi connectivity index (χ3v) is 6.96. The van der Waals surface area contributed by atoms with E-state index in [2.05, 4.69) is 39.0 Å². The normalized spacial score (nSPS) is 15.2. The van der Waals surface area contributed by atoms with Crippen molar-refractivity contribution < 1.29 is 23.4 Å². The van der Waals surface area contributed by atoms with Crippen molar-refractivity contribution in [2.75, 3.05) is 14.2 Å². The van der Waals surface area contributed by atoms with E-state index in [1.54, 1.807) is 19.2 Å². The van der Waals surface area contributed by atoms with Crippen molar-refractivity contribution in [2.24, 2.45) is 0 Å². The van der Waals surface area contributed by atoms with Gasteiger partial charge in [-0.3, -0.25) is 4.79 Å². The van der Waals surface area contributed by atoms with Gasteiger partial charge in [0.15, 0.2) is 0 Å². The number of methoxy groups -OCH3 is 2. The summed E-state index contributed by atoms with van der Waals surface area (Å²) >= 11 is 0. The first kappa shape index (κ1) is 25.7. The highest BCUT2D eigenvalue weighted by molar-refractivity contribution is 5.71. The second-order valence-electron chi connectivity index (χ2n) is 10.5. The highest BCUT2D eigenvalue weighted by Gasteiger charge is 2.24. The fraction of sp³-hybridized carbons (Fsp3) is 0.387. The fourth-order valence-corrected chi connectivity index (χ4v) is 5.00. The number of ether oxygens (including phenoxy) is 3. The zero-order chi connectivity index (χ0) is 25.9. The number of hydrogen-bond donors (Lipinski definition) is 0. The highest BCUT2D eigenvalue weighted by Crippen LogP contribution is 2.38. The van der Waals surface area contributed by atoms with Gasteiger partial charge in [0.1, 0.15) is 23.9 Å². The zero-order valence-electron chi connectivity index (χ0n) is 21.8. The average Bonchev–Trinajstić information content (AvgIpc) is 2.87. The molecule has 1 atom stereocenters. The number of carbonyl (C=O) groups is 1. The molecule has 0 aromatic heterocycles. The molecular weight excluding hydrogens is 455 g/mol. The highest BCUT2D eigenvalue weighted by atomic mass is 19.1. The molecule has 0 bridgehead atoms. The summed E-state index contributed by atoms with van der Waals surface area (Å²) in [5.74, 6) is 1.11. The summed E-state index contributed by atoms with van der Waals surface area (Å²) in [5, 5.41) is 0. The van der Waals surface area contributed by atoms with Crippen LogP contribution >= 0.6 is 0 Å². The number of rotatable bonds is 7. The summed E-state index contributed by atoms with van der Waals surface area (Å²) in [5.41, 5.74) is 5.69. The van der Waals surface area contributed by atoms with Crippen LogP contribution in [0.2, 0.25) is 0 Å². The van der Waals surface area contributed by atoms with E-state index in [1.165, 1.54) is 24.3 Å². The molecule has 0 heterocycles. The van der Waals surface area contributed by atoms with Crippen LogP contribution in [0.25, 0.3) is 11.1 Å². The summed E-state index contributed by atoms with van der Waals surface area (Å²) in [7, 11) is 3.02. The van der Waals surface area contributed by atoms with Gasteiger partial charge >= 0.3 is 5.97 Å². The number of hydrogen-bond acceptors (Lipinski definition) is 4. The van der Waals surface area contributed by atoms with E-state index in [1.807, 2.05) is 18.2 Å². The van der Waals surface area contributed by atoms with E-state index in [0.29, 0.717) is 24.3 Å². The Bertz CT molecular complexity index is 1240. The quantitative estimate of drug-likeness (QED) is 0.325. The van der Waals surface area contributed by atoms with Crippen LogP contribution in [0.15, 0.2) is 54.6 Å². The van der Waals surface area contributed by atoms with E-state index in [4.69, 9.17) is 14.2 Å². The molecule has 190 valence electrons. The number of esters is 1.